The highest BCUT2D eigenvalue weighted by Crippen LogP contribution is 2.23. The largest absolute Gasteiger partial charge is 0.465 e. The van der Waals surface area contributed by atoms with Crippen molar-refractivity contribution < 1.29 is 14.3 Å². The van der Waals surface area contributed by atoms with Gasteiger partial charge in [-0.15, -0.1) is 0 Å². The van der Waals surface area contributed by atoms with Crippen molar-refractivity contribution in [2.45, 2.75) is 51.6 Å². The van der Waals surface area contributed by atoms with Crippen molar-refractivity contribution in [1.82, 2.24) is 9.80 Å². The van der Waals surface area contributed by atoms with Crippen LogP contribution >= 0.6 is 0 Å². The number of amides is 1. The van der Waals surface area contributed by atoms with Crippen molar-refractivity contribution in [3.8, 4) is 0 Å². The summed E-state index contributed by atoms with van der Waals surface area (Å²) in [7, 11) is 0. The lowest BCUT2D eigenvalue weighted by molar-refractivity contribution is -0.150. The molecule has 2 aliphatic heterocycles. The number of esters is 1. The first kappa shape index (κ1) is 13.3. The molecule has 0 radical (unpaired) electrons. The van der Waals surface area contributed by atoms with Crippen molar-refractivity contribution in [1.29, 1.82) is 0 Å². The number of nitrogens with zero attached hydrogens (tertiary/aromatic N) is 2. The number of likely N-dealkylation sites (tertiary alicyclic amines) is 2. The van der Waals surface area contributed by atoms with E-state index in [2.05, 4.69) is 11.8 Å². The van der Waals surface area contributed by atoms with Gasteiger partial charge in [0.25, 0.3) is 0 Å². The monoisotopic (exact) mass is 254 g/mol. The lowest BCUT2D eigenvalue weighted by Gasteiger charge is -2.30. The Labute approximate surface area is 108 Å². The number of hydrogen-bond acceptors (Lipinski definition) is 4. The maximum atomic E-state index is 11.8. The zero-order chi connectivity index (χ0) is 13.1. The molecule has 0 saturated carbocycles. The summed E-state index contributed by atoms with van der Waals surface area (Å²) >= 11 is 0. The normalized spacial score (nSPS) is 29.0. The Bertz CT molecular complexity index is 332. The molecule has 0 unspecified atom stereocenters. The molecule has 0 aromatic heterocycles. The maximum Gasteiger partial charge on any atom is 0.323 e. The van der Waals surface area contributed by atoms with Gasteiger partial charge in [0.2, 0.25) is 5.91 Å². The van der Waals surface area contributed by atoms with Gasteiger partial charge in [-0.1, -0.05) is 0 Å². The molecule has 5 nitrogen and oxygen atoms in total. The van der Waals surface area contributed by atoms with E-state index in [0.29, 0.717) is 25.7 Å². The van der Waals surface area contributed by atoms with E-state index in [1.54, 1.807) is 0 Å². The van der Waals surface area contributed by atoms with E-state index in [4.69, 9.17) is 4.74 Å². The highest BCUT2D eigenvalue weighted by Gasteiger charge is 2.36. The van der Waals surface area contributed by atoms with Gasteiger partial charge < -0.3 is 9.64 Å². The van der Waals surface area contributed by atoms with Crippen LogP contribution in [0.5, 0.6) is 0 Å². The minimum absolute atomic E-state index is 0.144. The van der Waals surface area contributed by atoms with Gasteiger partial charge in [-0.25, -0.2) is 0 Å². The quantitative estimate of drug-likeness (QED) is 0.702. The van der Waals surface area contributed by atoms with Crippen LogP contribution in [0.4, 0.5) is 0 Å². The van der Waals surface area contributed by atoms with Crippen LogP contribution in [-0.2, 0) is 14.3 Å². The third-order valence-electron chi connectivity index (χ3n) is 3.88. The second-order valence-electron chi connectivity index (χ2n) is 5.12. The molecule has 1 amide bonds. The molecule has 2 aliphatic rings. The molecule has 0 aliphatic carbocycles. The lowest BCUT2D eigenvalue weighted by Crippen LogP contribution is -2.46. The fraction of sp³-hybridized carbons (Fsp3) is 0.846. The minimum Gasteiger partial charge on any atom is -0.465 e. The average Bonchev–Trinajstić information content (AvgIpc) is 2.91. The van der Waals surface area contributed by atoms with Gasteiger partial charge in [-0.2, -0.15) is 0 Å². The molecule has 0 bridgehead atoms. The fourth-order valence-corrected chi connectivity index (χ4v) is 2.79. The second-order valence-corrected chi connectivity index (χ2v) is 5.12. The Kier molecular flexibility index (Phi) is 4.22. The van der Waals surface area contributed by atoms with Crippen LogP contribution in [0.1, 0.15) is 39.5 Å². The van der Waals surface area contributed by atoms with E-state index in [-0.39, 0.29) is 17.9 Å². The number of rotatable bonds is 4. The molecule has 2 rings (SSSR count). The predicted octanol–water partition coefficient (Wildman–Crippen LogP) is 0.982. The molecule has 0 N–H and O–H groups in total. The van der Waals surface area contributed by atoms with Crippen LogP contribution in [0, 0.1) is 0 Å². The standard InChI is InChI=1S/C13H22N2O3/c1-3-18-13(17)11-5-4-8-14(11)9-15-10(2)6-7-12(15)16/h10-11H,3-9H2,1-2H3/t10-,11+/m1/s1. The maximum absolute atomic E-state index is 11.8. The third-order valence-corrected chi connectivity index (χ3v) is 3.88. The highest BCUT2D eigenvalue weighted by molar-refractivity contribution is 5.79. The van der Waals surface area contributed by atoms with Crippen LogP contribution in [0.25, 0.3) is 0 Å². The van der Waals surface area contributed by atoms with Crippen molar-refractivity contribution in [2.75, 3.05) is 19.8 Å². The molecule has 2 heterocycles. The summed E-state index contributed by atoms with van der Waals surface area (Å²) in [6, 6.07) is 0.131. The summed E-state index contributed by atoms with van der Waals surface area (Å²) in [5.74, 6) is 0.0614. The Hall–Kier alpha value is -1.10. The highest BCUT2D eigenvalue weighted by atomic mass is 16.5. The zero-order valence-corrected chi connectivity index (χ0v) is 11.2. The molecule has 0 spiro atoms. The summed E-state index contributed by atoms with van der Waals surface area (Å²) in [5, 5.41) is 0. The van der Waals surface area contributed by atoms with E-state index in [9.17, 15) is 9.59 Å². The van der Waals surface area contributed by atoms with Crippen molar-refractivity contribution in [3.63, 3.8) is 0 Å². The molecule has 5 heteroatoms. The SMILES string of the molecule is CCOC(=O)[C@@H]1CCCN1CN1C(=O)CC[C@H]1C. The van der Waals surface area contributed by atoms with E-state index in [0.717, 1.165) is 25.8 Å². The van der Waals surface area contributed by atoms with Gasteiger partial charge in [0.1, 0.15) is 6.04 Å². The number of hydrogen-bond donors (Lipinski definition) is 0. The van der Waals surface area contributed by atoms with Gasteiger partial charge in [0.15, 0.2) is 0 Å². The van der Waals surface area contributed by atoms with Gasteiger partial charge in [-0.3, -0.25) is 14.5 Å². The summed E-state index contributed by atoms with van der Waals surface area (Å²) in [6.45, 7) is 5.76. The topological polar surface area (TPSA) is 49.9 Å². The molecular weight excluding hydrogens is 232 g/mol. The Morgan fingerprint density at radius 2 is 2.22 bits per heavy atom. The van der Waals surface area contributed by atoms with Crippen LogP contribution in [0.3, 0.4) is 0 Å². The summed E-state index contributed by atoms with van der Waals surface area (Å²) in [6.07, 6.45) is 3.41. The smallest absolute Gasteiger partial charge is 0.323 e. The Balaban J connectivity index is 1.95. The van der Waals surface area contributed by atoms with Gasteiger partial charge in [0.05, 0.1) is 13.3 Å². The fourth-order valence-electron chi connectivity index (χ4n) is 2.79. The number of carbonyl (C=O) groups excluding carboxylic acids is 2. The summed E-state index contributed by atoms with van der Waals surface area (Å²) < 4.78 is 5.09. The van der Waals surface area contributed by atoms with Crippen molar-refractivity contribution >= 4 is 11.9 Å². The van der Waals surface area contributed by atoms with Gasteiger partial charge in [-0.05, 0) is 33.1 Å². The van der Waals surface area contributed by atoms with Crippen LogP contribution in [-0.4, -0.2) is 53.6 Å². The third kappa shape index (κ3) is 2.66. The van der Waals surface area contributed by atoms with Crippen molar-refractivity contribution in [3.05, 3.63) is 0 Å². The lowest BCUT2D eigenvalue weighted by atomic mass is 10.2. The minimum atomic E-state index is -0.162. The van der Waals surface area contributed by atoms with Crippen LogP contribution < -0.4 is 0 Å². The molecule has 0 aromatic rings. The van der Waals surface area contributed by atoms with Crippen molar-refractivity contribution in [2.24, 2.45) is 0 Å². The Morgan fingerprint density at radius 1 is 1.44 bits per heavy atom. The van der Waals surface area contributed by atoms with Crippen LogP contribution in [0.2, 0.25) is 0 Å². The average molecular weight is 254 g/mol. The molecule has 18 heavy (non-hydrogen) atoms. The van der Waals surface area contributed by atoms with E-state index < -0.39 is 0 Å². The predicted molar refractivity (Wildman–Crippen MR) is 66.8 cm³/mol. The molecule has 2 saturated heterocycles. The first-order valence-corrected chi connectivity index (χ1v) is 6.83. The van der Waals surface area contributed by atoms with Gasteiger partial charge >= 0.3 is 5.97 Å². The molecule has 2 atom stereocenters. The van der Waals surface area contributed by atoms with E-state index >= 15 is 0 Å². The summed E-state index contributed by atoms with van der Waals surface area (Å²) in [4.78, 5) is 27.6. The second kappa shape index (κ2) is 5.69. The number of ether oxygens (including phenoxy) is 1. The first-order valence-electron chi connectivity index (χ1n) is 6.83. The Morgan fingerprint density at radius 3 is 2.83 bits per heavy atom. The number of carbonyl (C=O) groups is 2. The molecular formula is C13H22N2O3. The van der Waals surface area contributed by atoms with E-state index in [1.807, 2.05) is 11.8 Å². The van der Waals surface area contributed by atoms with E-state index in [1.165, 1.54) is 0 Å². The molecule has 102 valence electrons. The van der Waals surface area contributed by atoms with Gasteiger partial charge in [0, 0.05) is 19.0 Å². The zero-order valence-electron chi connectivity index (χ0n) is 11.2. The first-order chi connectivity index (χ1) is 8.63. The summed E-state index contributed by atoms with van der Waals surface area (Å²) in [5.41, 5.74) is 0. The molecule has 2 fully saturated rings. The van der Waals surface area contributed by atoms with Crippen LogP contribution in [0.15, 0.2) is 0 Å². The molecule has 0 aromatic carbocycles.